The molecule has 0 spiro atoms. The molecule has 1 heterocycles. The van der Waals surface area contributed by atoms with Gasteiger partial charge in [0.05, 0.1) is 5.69 Å². The van der Waals surface area contributed by atoms with Gasteiger partial charge in [0.1, 0.15) is 18.4 Å². The Bertz CT molecular complexity index is 694. The van der Waals surface area contributed by atoms with Gasteiger partial charge in [0.15, 0.2) is 0 Å². The summed E-state index contributed by atoms with van der Waals surface area (Å²) in [5.74, 6) is -0.792. The fourth-order valence-corrected chi connectivity index (χ4v) is 2.11. The van der Waals surface area contributed by atoms with E-state index in [4.69, 9.17) is 0 Å². The van der Waals surface area contributed by atoms with Gasteiger partial charge >= 0.3 is 0 Å². The molecule has 122 valence electrons. The third-order valence-electron chi connectivity index (χ3n) is 3.27. The third-order valence-corrected chi connectivity index (χ3v) is 3.27. The predicted molar refractivity (Wildman–Crippen MR) is 83.9 cm³/mol. The van der Waals surface area contributed by atoms with Crippen LogP contribution in [0, 0.1) is 5.82 Å². The van der Waals surface area contributed by atoms with Gasteiger partial charge in [-0.05, 0) is 37.3 Å². The molecule has 7 heteroatoms. The second-order valence-corrected chi connectivity index (χ2v) is 5.43. The van der Waals surface area contributed by atoms with Crippen LogP contribution in [0.3, 0.4) is 0 Å². The van der Waals surface area contributed by atoms with Crippen LogP contribution in [-0.2, 0) is 16.1 Å². The summed E-state index contributed by atoms with van der Waals surface area (Å²) in [6.45, 7) is 1.64. The fraction of sp³-hybridized carbons (Fsp3) is 0.312. The molecule has 0 aliphatic heterocycles. The molecule has 0 aliphatic carbocycles. The summed E-state index contributed by atoms with van der Waals surface area (Å²) in [6, 6.07) is 7.12. The van der Waals surface area contributed by atoms with Crippen molar-refractivity contribution in [1.29, 1.82) is 0 Å². The monoisotopic (exact) mass is 318 g/mol. The van der Waals surface area contributed by atoms with E-state index in [2.05, 4.69) is 10.4 Å². The van der Waals surface area contributed by atoms with Crippen molar-refractivity contribution in [3.05, 3.63) is 42.3 Å². The van der Waals surface area contributed by atoms with Gasteiger partial charge in [0.2, 0.25) is 11.8 Å². The second kappa shape index (κ2) is 7.04. The molecule has 2 aromatic rings. The lowest BCUT2D eigenvalue weighted by molar-refractivity contribution is -0.134. The number of carbonyl (C=O) groups is 2. The zero-order valence-electron chi connectivity index (χ0n) is 13.3. The maximum Gasteiger partial charge on any atom is 0.244 e. The van der Waals surface area contributed by atoms with Gasteiger partial charge in [-0.15, -0.1) is 0 Å². The van der Waals surface area contributed by atoms with Crippen LogP contribution in [0.5, 0.6) is 0 Å². The van der Waals surface area contributed by atoms with Crippen molar-refractivity contribution < 1.29 is 14.0 Å². The number of nitrogens with one attached hydrogen (secondary N) is 1. The second-order valence-electron chi connectivity index (χ2n) is 5.43. The summed E-state index contributed by atoms with van der Waals surface area (Å²) in [7, 11) is 3.26. The topological polar surface area (TPSA) is 67.2 Å². The number of hydrogen-bond acceptors (Lipinski definition) is 3. The Kier molecular flexibility index (Phi) is 5.10. The molecule has 0 fully saturated rings. The molecule has 0 saturated heterocycles. The SMILES string of the molecule is C[C@@H](NC(=O)Cn1ccc(-c2ccc(F)cc2)n1)C(=O)N(C)C. The molecular formula is C16H19FN4O2. The van der Waals surface area contributed by atoms with Gasteiger partial charge in [0, 0.05) is 25.9 Å². The van der Waals surface area contributed by atoms with Gasteiger partial charge in [0.25, 0.3) is 0 Å². The Balaban J connectivity index is 1.97. The number of amides is 2. The van der Waals surface area contributed by atoms with E-state index in [0.29, 0.717) is 5.69 Å². The molecule has 0 unspecified atom stereocenters. The number of likely N-dealkylation sites (N-methyl/N-ethyl adjacent to an activating group) is 1. The highest BCUT2D eigenvalue weighted by molar-refractivity contribution is 5.86. The first-order valence-electron chi connectivity index (χ1n) is 7.16. The highest BCUT2D eigenvalue weighted by Crippen LogP contribution is 2.16. The molecule has 6 nitrogen and oxygen atoms in total. The first-order chi connectivity index (χ1) is 10.9. The largest absolute Gasteiger partial charge is 0.347 e. The molecular weight excluding hydrogens is 299 g/mol. The van der Waals surface area contributed by atoms with Crippen LogP contribution in [-0.4, -0.2) is 46.6 Å². The molecule has 1 atom stereocenters. The van der Waals surface area contributed by atoms with Gasteiger partial charge in [-0.25, -0.2) is 4.39 Å². The van der Waals surface area contributed by atoms with Gasteiger partial charge in [-0.3, -0.25) is 14.3 Å². The first kappa shape index (κ1) is 16.7. The minimum atomic E-state index is -0.593. The van der Waals surface area contributed by atoms with E-state index in [1.165, 1.54) is 21.7 Å². The van der Waals surface area contributed by atoms with Crippen molar-refractivity contribution in [3.63, 3.8) is 0 Å². The van der Waals surface area contributed by atoms with Crippen LogP contribution >= 0.6 is 0 Å². The zero-order valence-corrected chi connectivity index (χ0v) is 13.3. The van der Waals surface area contributed by atoms with E-state index >= 15 is 0 Å². The lowest BCUT2D eigenvalue weighted by Crippen LogP contribution is -2.45. The Hall–Kier alpha value is -2.70. The quantitative estimate of drug-likeness (QED) is 0.903. The lowest BCUT2D eigenvalue weighted by Gasteiger charge is -2.17. The van der Waals surface area contributed by atoms with Crippen molar-refractivity contribution in [2.45, 2.75) is 19.5 Å². The van der Waals surface area contributed by atoms with Crippen LogP contribution in [0.15, 0.2) is 36.5 Å². The number of benzene rings is 1. The van der Waals surface area contributed by atoms with Crippen LogP contribution in [0.25, 0.3) is 11.3 Å². The van der Waals surface area contributed by atoms with Crippen molar-refractivity contribution in [3.8, 4) is 11.3 Å². The van der Waals surface area contributed by atoms with Crippen molar-refractivity contribution in [2.75, 3.05) is 14.1 Å². The number of halogens is 1. The minimum absolute atomic E-state index is 0.00619. The smallest absolute Gasteiger partial charge is 0.244 e. The number of carbonyl (C=O) groups excluding carboxylic acids is 2. The highest BCUT2D eigenvalue weighted by Gasteiger charge is 2.17. The molecule has 2 amide bonds. The molecule has 2 rings (SSSR count). The summed E-state index contributed by atoms with van der Waals surface area (Å²) in [5, 5.41) is 6.90. The maximum atomic E-state index is 12.9. The van der Waals surface area contributed by atoms with Crippen LogP contribution in [0.1, 0.15) is 6.92 Å². The lowest BCUT2D eigenvalue weighted by atomic mass is 10.1. The average Bonchev–Trinajstić information content (AvgIpc) is 2.95. The standard InChI is InChI=1S/C16H19FN4O2/c1-11(16(23)20(2)3)18-15(22)10-21-9-8-14(19-21)12-4-6-13(17)7-5-12/h4-9,11H,10H2,1-3H3,(H,18,22)/t11-/m1/s1. The molecule has 0 radical (unpaired) electrons. The first-order valence-corrected chi connectivity index (χ1v) is 7.16. The Labute approximate surface area is 133 Å². The average molecular weight is 318 g/mol. The third kappa shape index (κ3) is 4.38. The van der Waals surface area contributed by atoms with E-state index in [9.17, 15) is 14.0 Å². The molecule has 1 N–H and O–H groups in total. The van der Waals surface area contributed by atoms with Gasteiger partial charge < -0.3 is 10.2 Å². The van der Waals surface area contributed by atoms with E-state index < -0.39 is 6.04 Å². The van der Waals surface area contributed by atoms with Gasteiger partial charge in [-0.2, -0.15) is 5.10 Å². The highest BCUT2D eigenvalue weighted by atomic mass is 19.1. The Morgan fingerprint density at radius 3 is 2.52 bits per heavy atom. The van der Waals surface area contributed by atoms with Crippen molar-refractivity contribution in [1.82, 2.24) is 20.0 Å². The summed E-state index contributed by atoms with van der Waals surface area (Å²) < 4.78 is 14.4. The Morgan fingerprint density at radius 2 is 1.91 bits per heavy atom. The number of nitrogens with zero attached hydrogens (tertiary/aromatic N) is 3. The van der Waals surface area contributed by atoms with Crippen LogP contribution < -0.4 is 5.32 Å². The summed E-state index contributed by atoms with van der Waals surface area (Å²) in [4.78, 5) is 25.1. The molecule has 23 heavy (non-hydrogen) atoms. The number of aromatic nitrogens is 2. The normalized spacial score (nSPS) is 11.8. The van der Waals surface area contributed by atoms with Crippen LogP contribution in [0.2, 0.25) is 0 Å². The van der Waals surface area contributed by atoms with Crippen LogP contribution in [0.4, 0.5) is 4.39 Å². The predicted octanol–water partition coefficient (Wildman–Crippen LogP) is 1.28. The van der Waals surface area contributed by atoms with Gasteiger partial charge in [-0.1, -0.05) is 0 Å². The maximum absolute atomic E-state index is 12.9. The van der Waals surface area contributed by atoms with E-state index in [1.807, 2.05) is 0 Å². The minimum Gasteiger partial charge on any atom is -0.347 e. The van der Waals surface area contributed by atoms with E-state index in [-0.39, 0.29) is 24.2 Å². The van der Waals surface area contributed by atoms with Crippen molar-refractivity contribution >= 4 is 11.8 Å². The zero-order chi connectivity index (χ0) is 17.0. The molecule has 0 aliphatic rings. The molecule has 1 aromatic heterocycles. The van der Waals surface area contributed by atoms with E-state index in [0.717, 1.165) is 5.56 Å². The van der Waals surface area contributed by atoms with E-state index in [1.54, 1.807) is 45.4 Å². The molecule has 1 aromatic carbocycles. The summed E-state index contributed by atoms with van der Waals surface area (Å²) >= 11 is 0. The number of hydrogen-bond donors (Lipinski definition) is 1. The summed E-state index contributed by atoms with van der Waals surface area (Å²) in [6.07, 6.45) is 1.66. The molecule has 0 bridgehead atoms. The van der Waals surface area contributed by atoms with Crippen molar-refractivity contribution in [2.24, 2.45) is 0 Å². The Morgan fingerprint density at radius 1 is 1.26 bits per heavy atom. The number of rotatable bonds is 5. The molecule has 0 saturated carbocycles. The summed E-state index contributed by atoms with van der Waals surface area (Å²) in [5.41, 5.74) is 1.41. The fourth-order valence-electron chi connectivity index (χ4n) is 2.11.